The molecule has 27 heavy (non-hydrogen) atoms. The molecule has 0 spiro atoms. The minimum absolute atomic E-state index is 0.173. The molecule has 1 saturated heterocycles. The van der Waals surface area contributed by atoms with Crippen LogP contribution in [-0.2, 0) is 13.0 Å². The first-order valence-electron chi connectivity index (χ1n) is 9.60. The molecule has 1 N–H and O–H groups in total. The molecule has 0 bridgehead atoms. The molecule has 3 heterocycles. The highest BCUT2D eigenvalue weighted by Gasteiger charge is 2.25. The lowest BCUT2D eigenvalue weighted by Crippen LogP contribution is -3.14. The van der Waals surface area contributed by atoms with Gasteiger partial charge in [0.15, 0.2) is 11.5 Å². The number of hydrogen-bond acceptors (Lipinski definition) is 5. The average Bonchev–Trinajstić information content (AvgIpc) is 2.72. The van der Waals surface area contributed by atoms with E-state index >= 15 is 0 Å². The number of likely N-dealkylation sites (N-methyl/N-ethyl adjacent to an activating group) is 1. The summed E-state index contributed by atoms with van der Waals surface area (Å²) in [6.45, 7) is 8.01. The zero-order valence-electron chi connectivity index (χ0n) is 16.2. The molecular weight excluding hydrogens is 344 g/mol. The summed E-state index contributed by atoms with van der Waals surface area (Å²) < 4.78 is 12.7. The van der Waals surface area contributed by atoms with Crippen molar-refractivity contribution in [3.8, 4) is 22.8 Å². The molecule has 1 aromatic heterocycles. The summed E-state index contributed by atoms with van der Waals surface area (Å²) in [6.07, 6.45) is 0.780. The standard InChI is InChI=1S/C20H26N4O3/c1-4-22-7-9-23(10-8-22)19-13-16-15-12-18(27-3)17(26-2)11-14(15)5-6-24(16)20(25)21-19/h11-13H,4-10H2,1-3H3/p+1. The van der Waals surface area contributed by atoms with Gasteiger partial charge in [-0.3, -0.25) is 4.57 Å². The monoisotopic (exact) mass is 371 g/mol. The molecule has 144 valence electrons. The third-order valence-electron chi connectivity index (χ3n) is 5.78. The predicted molar refractivity (Wildman–Crippen MR) is 104 cm³/mol. The number of nitrogens with one attached hydrogen (secondary N) is 1. The van der Waals surface area contributed by atoms with Crippen molar-refractivity contribution in [2.45, 2.75) is 19.9 Å². The molecule has 0 saturated carbocycles. The fourth-order valence-electron chi connectivity index (χ4n) is 4.10. The van der Waals surface area contributed by atoms with E-state index in [4.69, 9.17) is 9.47 Å². The van der Waals surface area contributed by atoms with Crippen LogP contribution in [0.25, 0.3) is 11.3 Å². The molecule has 0 radical (unpaired) electrons. The van der Waals surface area contributed by atoms with E-state index in [0.29, 0.717) is 12.3 Å². The van der Waals surface area contributed by atoms with Gasteiger partial charge in [0.25, 0.3) is 0 Å². The third-order valence-corrected chi connectivity index (χ3v) is 5.78. The van der Waals surface area contributed by atoms with Gasteiger partial charge in [-0.15, -0.1) is 0 Å². The lowest BCUT2D eigenvalue weighted by atomic mass is 9.96. The van der Waals surface area contributed by atoms with Gasteiger partial charge in [0.2, 0.25) is 0 Å². The fourth-order valence-corrected chi connectivity index (χ4v) is 4.10. The molecule has 0 unspecified atom stereocenters. The van der Waals surface area contributed by atoms with Crippen molar-refractivity contribution in [3.05, 3.63) is 34.2 Å². The second kappa shape index (κ2) is 7.23. The van der Waals surface area contributed by atoms with Crippen LogP contribution in [0.4, 0.5) is 5.82 Å². The zero-order chi connectivity index (χ0) is 19.0. The Morgan fingerprint density at radius 3 is 2.44 bits per heavy atom. The first-order valence-corrected chi connectivity index (χ1v) is 9.60. The van der Waals surface area contributed by atoms with Crippen LogP contribution < -0.4 is 25.0 Å². The highest BCUT2D eigenvalue weighted by atomic mass is 16.5. The molecule has 2 aromatic rings. The van der Waals surface area contributed by atoms with E-state index in [1.807, 2.05) is 12.1 Å². The summed E-state index contributed by atoms with van der Waals surface area (Å²) in [5, 5.41) is 0. The van der Waals surface area contributed by atoms with Gasteiger partial charge < -0.3 is 19.3 Å². The Balaban J connectivity index is 1.76. The Labute approximate surface area is 159 Å². The van der Waals surface area contributed by atoms with E-state index in [1.165, 1.54) is 5.56 Å². The fraction of sp³-hybridized carbons (Fsp3) is 0.500. The van der Waals surface area contributed by atoms with Gasteiger partial charge in [0.1, 0.15) is 5.82 Å². The quantitative estimate of drug-likeness (QED) is 0.833. The Bertz CT molecular complexity index is 901. The predicted octanol–water partition coefficient (Wildman–Crippen LogP) is 0.208. The maximum atomic E-state index is 12.7. The highest BCUT2D eigenvalue weighted by molar-refractivity contribution is 5.72. The van der Waals surface area contributed by atoms with Gasteiger partial charge in [0, 0.05) is 18.2 Å². The van der Waals surface area contributed by atoms with Gasteiger partial charge in [0.05, 0.1) is 52.6 Å². The van der Waals surface area contributed by atoms with Gasteiger partial charge in [-0.05, 0) is 31.0 Å². The molecule has 0 atom stereocenters. The largest absolute Gasteiger partial charge is 0.493 e. The van der Waals surface area contributed by atoms with Crippen LogP contribution in [-0.4, -0.2) is 56.5 Å². The summed E-state index contributed by atoms with van der Waals surface area (Å²) >= 11 is 0. The molecule has 7 heteroatoms. The van der Waals surface area contributed by atoms with Gasteiger partial charge >= 0.3 is 5.69 Å². The second-order valence-electron chi connectivity index (χ2n) is 7.14. The number of benzene rings is 1. The van der Waals surface area contributed by atoms with Crippen LogP contribution in [0.1, 0.15) is 12.5 Å². The summed E-state index contributed by atoms with van der Waals surface area (Å²) in [7, 11) is 3.28. The molecule has 7 nitrogen and oxygen atoms in total. The van der Waals surface area contributed by atoms with Gasteiger partial charge in [-0.25, -0.2) is 4.79 Å². The normalized spacial score (nSPS) is 16.6. The van der Waals surface area contributed by atoms with Crippen LogP contribution in [0.3, 0.4) is 0 Å². The molecular formula is C20H27N4O3+. The van der Waals surface area contributed by atoms with Gasteiger partial charge in [-0.2, -0.15) is 4.98 Å². The van der Waals surface area contributed by atoms with E-state index in [0.717, 1.165) is 62.0 Å². The average molecular weight is 371 g/mol. The van der Waals surface area contributed by atoms with Crippen molar-refractivity contribution < 1.29 is 14.4 Å². The Morgan fingerprint density at radius 1 is 1.07 bits per heavy atom. The van der Waals surface area contributed by atoms with Crippen LogP contribution in [0, 0.1) is 0 Å². The van der Waals surface area contributed by atoms with Crippen LogP contribution in [0.15, 0.2) is 23.0 Å². The van der Waals surface area contributed by atoms with E-state index < -0.39 is 0 Å². The molecule has 1 aromatic carbocycles. The molecule has 0 aliphatic carbocycles. The number of anilines is 1. The zero-order valence-corrected chi connectivity index (χ0v) is 16.2. The number of hydrogen-bond donors (Lipinski definition) is 1. The van der Waals surface area contributed by atoms with E-state index in [9.17, 15) is 4.79 Å². The first kappa shape index (κ1) is 17.9. The Kier molecular flexibility index (Phi) is 4.78. The minimum Gasteiger partial charge on any atom is -0.493 e. The molecule has 2 aliphatic heterocycles. The number of piperazine rings is 1. The SMILES string of the molecule is CC[NH+]1CCN(c2cc3n(c(=O)n2)CCc2cc(OC)c(OC)cc2-3)CC1. The van der Waals surface area contributed by atoms with Crippen molar-refractivity contribution in [2.24, 2.45) is 0 Å². The summed E-state index contributed by atoms with van der Waals surface area (Å²) in [4.78, 5) is 20.9. The molecule has 4 rings (SSSR count). The smallest absolute Gasteiger partial charge is 0.350 e. The van der Waals surface area contributed by atoms with Crippen LogP contribution in [0.5, 0.6) is 11.5 Å². The summed E-state index contributed by atoms with van der Waals surface area (Å²) in [6, 6.07) is 6.05. The number of aryl methyl sites for hydroxylation is 1. The number of ether oxygens (including phenoxy) is 2. The van der Waals surface area contributed by atoms with Crippen molar-refractivity contribution in [2.75, 3.05) is 51.8 Å². The first-order chi connectivity index (χ1) is 13.1. The number of aromatic nitrogens is 2. The summed E-state index contributed by atoms with van der Waals surface area (Å²) in [5.74, 6) is 2.18. The number of quaternary nitrogens is 1. The number of fused-ring (bicyclic) bond motifs is 3. The number of rotatable bonds is 4. The number of methoxy groups -OCH3 is 2. The molecule has 0 amide bonds. The highest BCUT2D eigenvalue weighted by Crippen LogP contribution is 2.38. The van der Waals surface area contributed by atoms with Crippen molar-refractivity contribution in [3.63, 3.8) is 0 Å². The maximum Gasteiger partial charge on any atom is 0.350 e. The van der Waals surface area contributed by atoms with Crippen molar-refractivity contribution >= 4 is 5.82 Å². The van der Waals surface area contributed by atoms with Crippen molar-refractivity contribution in [1.82, 2.24) is 9.55 Å². The second-order valence-corrected chi connectivity index (χ2v) is 7.14. The minimum atomic E-state index is -0.173. The van der Waals surface area contributed by atoms with E-state index in [1.54, 1.807) is 23.7 Å². The molecule has 1 fully saturated rings. The number of nitrogens with zero attached hydrogens (tertiary/aromatic N) is 3. The van der Waals surface area contributed by atoms with Crippen LogP contribution >= 0.6 is 0 Å². The van der Waals surface area contributed by atoms with E-state index in [2.05, 4.69) is 22.9 Å². The van der Waals surface area contributed by atoms with Crippen molar-refractivity contribution in [1.29, 1.82) is 0 Å². The Morgan fingerprint density at radius 2 is 1.78 bits per heavy atom. The lowest BCUT2D eigenvalue weighted by molar-refractivity contribution is -0.898. The van der Waals surface area contributed by atoms with E-state index in [-0.39, 0.29) is 5.69 Å². The molecule has 2 aliphatic rings. The third kappa shape index (κ3) is 3.16. The lowest BCUT2D eigenvalue weighted by Gasteiger charge is -2.33. The summed E-state index contributed by atoms with van der Waals surface area (Å²) in [5.41, 5.74) is 2.94. The Hall–Kier alpha value is -2.54. The van der Waals surface area contributed by atoms with Gasteiger partial charge in [-0.1, -0.05) is 0 Å². The maximum absolute atomic E-state index is 12.7. The van der Waals surface area contributed by atoms with Crippen LogP contribution in [0.2, 0.25) is 0 Å². The topological polar surface area (TPSA) is 61.0 Å².